The highest BCUT2D eigenvalue weighted by molar-refractivity contribution is 5.87. The van der Waals surface area contributed by atoms with Crippen LogP contribution in [-0.2, 0) is 7.05 Å². The van der Waals surface area contributed by atoms with Crippen LogP contribution in [0.15, 0.2) is 36.5 Å². The number of rotatable bonds is 7. The van der Waals surface area contributed by atoms with Gasteiger partial charge < -0.3 is 16.4 Å². The van der Waals surface area contributed by atoms with Gasteiger partial charge in [-0.25, -0.2) is 8.78 Å². The standard InChI is InChI=1S/C18H21F2N7/c1-27-16-13(9-24-27)15(22-8-12-7-18(12,19)20)25-17(26-16)23-10-14(21)11-5-3-2-4-6-11/h2-6,9,12,14H,7-8,10,21H2,1H3,(H2,22,23,25,26)/t12?,14-/m0/s1. The lowest BCUT2D eigenvalue weighted by Crippen LogP contribution is -2.22. The Morgan fingerprint density at radius 3 is 2.70 bits per heavy atom. The molecule has 9 heteroatoms. The van der Waals surface area contributed by atoms with Crippen LogP contribution in [0, 0.1) is 5.92 Å². The van der Waals surface area contributed by atoms with Gasteiger partial charge in [-0.2, -0.15) is 15.1 Å². The largest absolute Gasteiger partial charge is 0.369 e. The summed E-state index contributed by atoms with van der Waals surface area (Å²) >= 11 is 0. The van der Waals surface area contributed by atoms with Crippen LogP contribution in [0.4, 0.5) is 20.5 Å². The average molecular weight is 373 g/mol. The van der Waals surface area contributed by atoms with Crippen LogP contribution in [0.25, 0.3) is 11.0 Å². The van der Waals surface area contributed by atoms with Crippen molar-refractivity contribution in [1.29, 1.82) is 0 Å². The van der Waals surface area contributed by atoms with E-state index >= 15 is 0 Å². The number of nitrogens with two attached hydrogens (primary N) is 1. The van der Waals surface area contributed by atoms with Gasteiger partial charge in [0.05, 0.1) is 11.6 Å². The van der Waals surface area contributed by atoms with E-state index in [4.69, 9.17) is 5.73 Å². The molecule has 1 aliphatic carbocycles. The van der Waals surface area contributed by atoms with E-state index in [1.54, 1.807) is 17.9 Å². The number of fused-ring (bicyclic) bond motifs is 1. The lowest BCUT2D eigenvalue weighted by atomic mass is 10.1. The number of anilines is 2. The second-order valence-electron chi connectivity index (χ2n) is 6.84. The monoisotopic (exact) mass is 373 g/mol. The number of benzene rings is 1. The van der Waals surface area contributed by atoms with Crippen LogP contribution in [-0.4, -0.2) is 38.8 Å². The van der Waals surface area contributed by atoms with Crippen molar-refractivity contribution in [2.24, 2.45) is 18.7 Å². The minimum Gasteiger partial charge on any atom is -0.369 e. The molecule has 4 rings (SSSR count). The first kappa shape index (κ1) is 17.6. The topological polar surface area (TPSA) is 93.7 Å². The van der Waals surface area contributed by atoms with Crippen molar-refractivity contribution >= 4 is 22.8 Å². The second kappa shape index (κ2) is 6.73. The molecule has 7 nitrogen and oxygen atoms in total. The highest BCUT2D eigenvalue weighted by Gasteiger charge is 2.56. The SMILES string of the molecule is Cn1ncc2c(NCC3CC3(F)F)nc(NC[C@H](N)c3ccccc3)nc21. The summed E-state index contributed by atoms with van der Waals surface area (Å²) in [5.74, 6) is -2.35. The van der Waals surface area contributed by atoms with Crippen LogP contribution >= 0.6 is 0 Å². The van der Waals surface area contributed by atoms with Gasteiger partial charge in [-0.15, -0.1) is 0 Å². The van der Waals surface area contributed by atoms with E-state index < -0.39 is 11.8 Å². The summed E-state index contributed by atoms with van der Waals surface area (Å²) < 4.78 is 27.9. The molecule has 1 unspecified atom stereocenters. The number of hydrogen-bond acceptors (Lipinski definition) is 6. The molecule has 0 spiro atoms. The van der Waals surface area contributed by atoms with Gasteiger partial charge in [0.15, 0.2) is 5.65 Å². The maximum atomic E-state index is 13.2. The zero-order valence-corrected chi connectivity index (χ0v) is 14.9. The van der Waals surface area contributed by atoms with Gasteiger partial charge in [0.2, 0.25) is 5.95 Å². The molecule has 0 radical (unpaired) electrons. The predicted octanol–water partition coefficient (Wildman–Crippen LogP) is 2.54. The summed E-state index contributed by atoms with van der Waals surface area (Å²) in [5.41, 5.74) is 7.82. The van der Waals surface area contributed by atoms with E-state index in [-0.39, 0.29) is 19.0 Å². The molecule has 0 amide bonds. The second-order valence-corrected chi connectivity index (χ2v) is 6.84. The van der Waals surface area contributed by atoms with Crippen LogP contribution in [0.2, 0.25) is 0 Å². The van der Waals surface area contributed by atoms with Crippen molar-refractivity contribution in [3.8, 4) is 0 Å². The van der Waals surface area contributed by atoms with Crippen LogP contribution in [0.5, 0.6) is 0 Å². The summed E-state index contributed by atoms with van der Waals surface area (Å²) in [7, 11) is 1.77. The van der Waals surface area contributed by atoms with E-state index in [0.29, 0.717) is 29.3 Å². The van der Waals surface area contributed by atoms with Crippen molar-refractivity contribution in [2.75, 3.05) is 23.7 Å². The Kier molecular flexibility index (Phi) is 4.39. The molecule has 1 aliphatic rings. The van der Waals surface area contributed by atoms with Gasteiger partial charge in [-0.1, -0.05) is 30.3 Å². The van der Waals surface area contributed by atoms with E-state index in [1.165, 1.54) is 0 Å². The molecule has 0 aliphatic heterocycles. The molecule has 142 valence electrons. The fourth-order valence-electron chi connectivity index (χ4n) is 2.97. The van der Waals surface area contributed by atoms with Gasteiger partial charge in [-0.05, 0) is 5.56 Å². The Bertz CT molecular complexity index is 942. The summed E-state index contributed by atoms with van der Waals surface area (Å²) in [4.78, 5) is 8.91. The van der Waals surface area contributed by atoms with Crippen molar-refractivity contribution in [3.63, 3.8) is 0 Å². The molecule has 4 N–H and O–H groups in total. The molecular weight excluding hydrogens is 352 g/mol. The van der Waals surface area contributed by atoms with E-state index in [2.05, 4.69) is 25.7 Å². The van der Waals surface area contributed by atoms with Crippen molar-refractivity contribution in [2.45, 2.75) is 18.4 Å². The molecule has 1 fully saturated rings. The Hall–Kier alpha value is -2.81. The number of alkyl halides is 2. The van der Waals surface area contributed by atoms with Gasteiger partial charge in [0.25, 0.3) is 5.92 Å². The first-order valence-electron chi connectivity index (χ1n) is 8.80. The van der Waals surface area contributed by atoms with E-state index in [1.807, 2.05) is 30.3 Å². The quantitative estimate of drug-likeness (QED) is 0.589. The maximum absolute atomic E-state index is 13.2. The molecule has 3 aromatic rings. The molecule has 27 heavy (non-hydrogen) atoms. The van der Waals surface area contributed by atoms with Gasteiger partial charge in [-0.3, -0.25) is 4.68 Å². The van der Waals surface area contributed by atoms with E-state index in [9.17, 15) is 8.78 Å². The minimum atomic E-state index is -2.57. The summed E-state index contributed by atoms with van der Waals surface area (Å²) in [6, 6.07) is 9.50. The lowest BCUT2D eigenvalue weighted by Gasteiger charge is -2.14. The molecular formula is C18H21F2N7. The highest BCUT2D eigenvalue weighted by atomic mass is 19.3. The highest BCUT2D eigenvalue weighted by Crippen LogP contribution is 2.48. The summed E-state index contributed by atoms with van der Waals surface area (Å²) in [6.45, 7) is 0.602. The molecule has 2 aromatic heterocycles. The number of nitrogens with zero attached hydrogens (tertiary/aromatic N) is 4. The maximum Gasteiger partial charge on any atom is 0.253 e. The summed E-state index contributed by atoms with van der Waals surface area (Å²) in [5, 5.41) is 11.0. The first-order valence-corrected chi connectivity index (χ1v) is 8.80. The number of halogens is 2. The van der Waals surface area contributed by atoms with Gasteiger partial charge in [0, 0.05) is 38.5 Å². The fraction of sp³-hybridized carbons (Fsp3) is 0.389. The van der Waals surface area contributed by atoms with Crippen LogP contribution < -0.4 is 16.4 Å². The fourth-order valence-corrected chi connectivity index (χ4v) is 2.97. The Morgan fingerprint density at radius 2 is 2.00 bits per heavy atom. The first-order chi connectivity index (χ1) is 12.9. The molecule has 2 heterocycles. The van der Waals surface area contributed by atoms with Crippen molar-refractivity contribution in [3.05, 3.63) is 42.1 Å². The van der Waals surface area contributed by atoms with E-state index in [0.717, 1.165) is 5.56 Å². The predicted molar refractivity (Wildman–Crippen MR) is 99.7 cm³/mol. The number of aromatic nitrogens is 4. The third-order valence-electron chi connectivity index (χ3n) is 4.77. The zero-order chi connectivity index (χ0) is 19.0. The number of aryl methyl sites for hydroxylation is 1. The normalized spacial score (nSPS) is 19.0. The number of nitrogens with one attached hydrogen (secondary N) is 2. The van der Waals surface area contributed by atoms with Gasteiger partial charge >= 0.3 is 0 Å². The van der Waals surface area contributed by atoms with Crippen LogP contribution in [0.3, 0.4) is 0 Å². The third kappa shape index (κ3) is 3.68. The molecule has 1 aromatic carbocycles. The lowest BCUT2D eigenvalue weighted by molar-refractivity contribution is 0.101. The zero-order valence-electron chi connectivity index (χ0n) is 14.9. The molecule has 0 saturated heterocycles. The average Bonchev–Trinajstić information content (AvgIpc) is 3.11. The van der Waals surface area contributed by atoms with Crippen molar-refractivity contribution < 1.29 is 8.78 Å². The number of hydrogen-bond donors (Lipinski definition) is 3. The molecule has 2 atom stereocenters. The minimum absolute atomic E-state index is 0.0850. The Balaban J connectivity index is 1.51. The molecule has 1 saturated carbocycles. The van der Waals surface area contributed by atoms with Crippen molar-refractivity contribution in [1.82, 2.24) is 19.7 Å². The van der Waals surface area contributed by atoms with Gasteiger partial charge in [0.1, 0.15) is 5.82 Å². The smallest absolute Gasteiger partial charge is 0.253 e. The van der Waals surface area contributed by atoms with Crippen LogP contribution in [0.1, 0.15) is 18.0 Å². The summed E-state index contributed by atoms with van der Waals surface area (Å²) in [6.07, 6.45) is 1.54. The molecule has 0 bridgehead atoms. The third-order valence-corrected chi connectivity index (χ3v) is 4.77. The Morgan fingerprint density at radius 1 is 1.26 bits per heavy atom. The Labute approximate surface area is 155 Å².